The molecule has 124 valence electrons. The Hall–Kier alpha value is -1.62. The van der Waals surface area contributed by atoms with E-state index >= 15 is 0 Å². The Labute approximate surface area is 133 Å². The van der Waals surface area contributed by atoms with E-state index in [9.17, 15) is 4.79 Å². The van der Waals surface area contributed by atoms with Crippen LogP contribution in [0.3, 0.4) is 0 Å². The minimum Gasteiger partial charge on any atom is -0.478 e. The van der Waals surface area contributed by atoms with Gasteiger partial charge in [-0.25, -0.2) is 4.98 Å². The number of ether oxygens (including phenoxy) is 2. The Kier molecular flexibility index (Phi) is 7.32. The molecule has 0 aliphatic heterocycles. The van der Waals surface area contributed by atoms with E-state index in [2.05, 4.69) is 17.2 Å². The van der Waals surface area contributed by atoms with Gasteiger partial charge in [-0.05, 0) is 39.7 Å². The highest BCUT2D eigenvalue weighted by molar-refractivity contribution is 5.97. The molecular formula is C17H28N2O3. The normalized spacial score (nSPS) is 13.5. The molecule has 0 saturated carbocycles. The summed E-state index contributed by atoms with van der Waals surface area (Å²) < 4.78 is 11.2. The monoisotopic (exact) mass is 308 g/mol. The number of unbranched alkanes of at least 4 members (excludes halogenated alkanes) is 1. The summed E-state index contributed by atoms with van der Waals surface area (Å²) in [5, 5.41) is 2.90. The number of aryl methyl sites for hydroxylation is 1. The van der Waals surface area contributed by atoms with E-state index in [1.807, 2.05) is 26.8 Å². The highest BCUT2D eigenvalue weighted by atomic mass is 16.5. The van der Waals surface area contributed by atoms with Crippen molar-refractivity contribution in [3.63, 3.8) is 0 Å². The lowest BCUT2D eigenvalue weighted by atomic mass is 10.0. The third-order valence-electron chi connectivity index (χ3n) is 3.67. The Morgan fingerprint density at radius 1 is 1.32 bits per heavy atom. The zero-order valence-electron chi connectivity index (χ0n) is 14.4. The van der Waals surface area contributed by atoms with E-state index in [4.69, 9.17) is 9.47 Å². The lowest BCUT2D eigenvalue weighted by Gasteiger charge is -2.27. The first-order valence-electron chi connectivity index (χ1n) is 8.02. The van der Waals surface area contributed by atoms with Crippen LogP contribution in [0.2, 0.25) is 0 Å². The van der Waals surface area contributed by atoms with Crippen LogP contribution in [0.1, 0.15) is 52.7 Å². The molecule has 0 aliphatic rings. The van der Waals surface area contributed by atoms with Gasteiger partial charge in [0.25, 0.3) is 5.91 Å². The predicted molar refractivity (Wildman–Crippen MR) is 88.3 cm³/mol. The molecule has 0 fully saturated rings. The molecule has 5 heteroatoms. The van der Waals surface area contributed by atoms with Crippen LogP contribution in [0.15, 0.2) is 12.1 Å². The average molecular weight is 308 g/mol. The van der Waals surface area contributed by atoms with Crippen LogP contribution in [0.5, 0.6) is 5.88 Å². The van der Waals surface area contributed by atoms with E-state index in [1.165, 1.54) is 0 Å². The smallest absolute Gasteiger partial charge is 0.256 e. The standard InChI is InChI=1S/C17H28N2O3/c1-6-9-12-21-15-11-10-14(13(4)18-15)19-16(20)17(5,7-2)22-8-3/h10-11H,6-9,12H2,1-5H3,(H,19,20)/t17-/m1/s1. The van der Waals surface area contributed by atoms with Crippen LogP contribution in [0.4, 0.5) is 5.69 Å². The molecule has 0 aliphatic carbocycles. The molecule has 0 radical (unpaired) electrons. The van der Waals surface area contributed by atoms with Crippen molar-refractivity contribution in [2.75, 3.05) is 18.5 Å². The van der Waals surface area contributed by atoms with Gasteiger partial charge in [0.05, 0.1) is 18.0 Å². The molecular weight excluding hydrogens is 280 g/mol. The SMILES string of the molecule is CCCCOc1ccc(NC(=O)[C@@](C)(CC)OCC)c(C)n1. The summed E-state index contributed by atoms with van der Waals surface area (Å²) in [5.41, 5.74) is 0.599. The van der Waals surface area contributed by atoms with Gasteiger partial charge in [-0.3, -0.25) is 4.79 Å². The number of nitrogens with zero attached hydrogens (tertiary/aromatic N) is 1. The van der Waals surface area contributed by atoms with Crippen molar-refractivity contribution in [1.82, 2.24) is 4.98 Å². The molecule has 1 amide bonds. The van der Waals surface area contributed by atoms with Crippen molar-refractivity contribution in [2.24, 2.45) is 0 Å². The number of hydrogen-bond donors (Lipinski definition) is 1. The number of carbonyl (C=O) groups is 1. The second-order valence-electron chi connectivity index (χ2n) is 5.46. The number of anilines is 1. The third-order valence-corrected chi connectivity index (χ3v) is 3.67. The highest BCUT2D eigenvalue weighted by Crippen LogP contribution is 2.22. The fraction of sp³-hybridized carbons (Fsp3) is 0.647. The molecule has 22 heavy (non-hydrogen) atoms. The van der Waals surface area contributed by atoms with Gasteiger partial charge in [-0.2, -0.15) is 0 Å². The zero-order chi connectivity index (χ0) is 16.6. The third kappa shape index (κ3) is 4.98. The van der Waals surface area contributed by atoms with E-state index in [0.717, 1.165) is 18.5 Å². The van der Waals surface area contributed by atoms with Gasteiger partial charge in [-0.15, -0.1) is 0 Å². The van der Waals surface area contributed by atoms with E-state index in [-0.39, 0.29) is 5.91 Å². The van der Waals surface area contributed by atoms with E-state index < -0.39 is 5.60 Å². The maximum Gasteiger partial charge on any atom is 0.256 e. The Morgan fingerprint density at radius 3 is 2.59 bits per heavy atom. The molecule has 0 unspecified atom stereocenters. The van der Waals surface area contributed by atoms with Crippen LogP contribution < -0.4 is 10.1 Å². The molecule has 1 aromatic heterocycles. The lowest BCUT2D eigenvalue weighted by molar-refractivity contribution is -0.139. The molecule has 0 spiro atoms. The van der Waals surface area contributed by atoms with Gasteiger partial charge in [0.15, 0.2) is 0 Å². The van der Waals surface area contributed by atoms with Crippen LogP contribution in [-0.2, 0) is 9.53 Å². The summed E-state index contributed by atoms with van der Waals surface area (Å²) in [6, 6.07) is 3.60. The Bertz CT molecular complexity index is 491. The largest absolute Gasteiger partial charge is 0.478 e. The number of hydrogen-bond acceptors (Lipinski definition) is 4. The maximum atomic E-state index is 12.4. The topological polar surface area (TPSA) is 60.5 Å². The minimum absolute atomic E-state index is 0.151. The van der Waals surface area contributed by atoms with Crippen molar-refractivity contribution in [1.29, 1.82) is 0 Å². The molecule has 1 N–H and O–H groups in total. The second kappa shape index (κ2) is 8.73. The Morgan fingerprint density at radius 2 is 2.05 bits per heavy atom. The number of carbonyl (C=O) groups excluding carboxylic acids is 1. The van der Waals surface area contributed by atoms with Gasteiger partial charge in [-0.1, -0.05) is 20.3 Å². The van der Waals surface area contributed by atoms with E-state index in [0.29, 0.717) is 31.2 Å². The molecule has 0 bridgehead atoms. The zero-order valence-corrected chi connectivity index (χ0v) is 14.4. The molecule has 1 heterocycles. The number of nitrogens with one attached hydrogen (secondary N) is 1. The van der Waals surface area contributed by atoms with E-state index in [1.54, 1.807) is 13.0 Å². The first-order valence-corrected chi connectivity index (χ1v) is 8.02. The first kappa shape index (κ1) is 18.4. The molecule has 1 atom stereocenters. The first-order chi connectivity index (χ1) is 10.5. The summed E-state index contributed by atoms with van der Waals surface area (Å²) in [7, 11) is 0. The summed E-state index contributed by atoms with van der Waals surface area (Å²) in [4.78, 5) is 16.8. The quantitative estimate of drug-likeness (QED) is 0.706. The Balaban J connectivity index is 2.75. The fourth-order valence-electron chi connectivity index (χ4n) is 1.97. The van der Waals surface area contributed by atoms with Crippen molar-refractivity contribution in [3.8, 4) is 5.88 Å². The summed E-state index contributed by atoms with van der Waals surface area (Å²) in [5.74, 6) is 0.438. The lowest BCUT2D eigenvalue weighted by Crippen LogP contribution is -2.42. The summed E-state index contributed by atoms with van der Waals surface area (Å²) >= 11 is 0. The van der Waals surface area contributed by atoms with Crippen molar-refractivity contribution >= 4 is 11.6 Å². The van der Waals surface area contributed by atoms with Crippen LogP contribution in [-0.4, -0.2) is 29.7 Å². The van der Waals surface area contributed by atoms with Crippen molar-refractivity contribution < 1.29 is 14.3 Å². The van der Waals surface area contributed by atoms with Crippen LogP contribution in [0.25, 0.3) is 0 Å². The number of amides is 1. The molecule has 1 rings (SSSR count). The van der Waals surface area contributed by atoms with Gasteiger partial charge in [0.2, 0.25) is 5.88 Å². The second-order valence-corrected chi connectivity index (χ2v) is 5.46. The van der Waals surface area contributed by atoms with Crippen molar-refractivity contribution in [2.45, 2.75) is 59.5 Å². The van der Waals surface area contributed by atoms with Gasteiger partial charge in [0.1, 0.15) is 5.60 Å². The van der Waals surface area contributed by atoms with Gasteiger partial charge < -0.3 is 14.8 Å². The minimum atomic E-state index is -0.822. The predicted octanol–water partition coefficient (Wildman–Crippen LogP) is 3.71. The molecule has 0 saturated heterocycles. The summed E-state index contributed by atoms with van der Waals surface area (Å²) in [6.07, 6.45) is 2.69. The van der Waals surface area contributed by atoms with Crippen LogP contribution >= 0.6 is 0 Å². The van der Waals surface area contributed by atoms with Gasteiger partial charge >= 0.3 is 0 Å². The number of pyridine rings is 1. The average Bonchev–Trinajstić information content (AvgIpc) is 2.50. The fourth-order valence-corrected chi connectivity index (χ4v) is 1.97. The van der Waals surface area contributed by atoms with Crippen molar-refractivity contribution in [3.05, 3.63) is 17.8 Å². The maximum absolute atomic E-state index is 12.4. The number of rotatable bonds is 9. The number of aromatic nitrogens is 1. The molecule has 5 nitrogen and oxygen atoms in total. The van der Waals surface area contributed by atoms with Gasteiger partial charge in [0, 0.05) is 12.7 Å². The molecule has 0 aromatic carbocycles. The summed E-state index contributed by atoms with van der Waals surface area (Å²) in [6.45, 7) is 10.8. The molecule has 1 aromatic rings. The van der Waals surface area contributed by atoms with Crippen LogP contribution in [0, 0.1) is 6.92 Å². The highest BCUT2D eigenvalue weighted by Gasteiger charge is 2.32.